The van der Waals surface area contributed by atoms with Crippen molar-refractivity contribution in [2.45, 2.75) is 124 Å². The van der Waals surface area contributed by atoms with Crippen LogP contribution in [0.3, 0.4) is 0 Å². The fourth-order valence-electron chi connectivity index (χ4n) is 9.47. The molecule has 0 amide bonds. The van der Waals surface area contributed by atoms with E-state index in [0.717, 1.165) is 25.7 Å². The van der Waals surface area contributed by atoms with Gasteiger partial charge in [0.15, 0.2) is 12.4 Å². The lowest BCUT2D eigenvalue weighted by Crippen LogP contribution is -2.64. The summed E-state index contributed by atoms with van der Waals surface area (Å²) in [6.45, 7) is 19.2. The Hall–Kier alpha value is -4.04. The van der Waals surface area contributed by atoms with Crippen LogP contribution in [0.2, 0.25) is 0 Å². The van der Waals surface area contributed by atoms with E-state index in [1.807, 2.05) is 0 Å². The lowest BCUT2D eigenvalue weighted by atomic mass is 9.65. The van der Waals surface area contributed by atoms with Gasteiger partial charge in [0.25, 0.3) is 0 Å². The van der Waals surface area contributed by atoms with Gasteiger partial charge in [-0.2, -0.15) is 9.13 Å². The smallest absolute Gasteiger partial charge is 0.188 e. The van der Waals surface area contributed by atoms with Crippen molar-refractivity contribution >= 4 is 0 Å². The van der Waals surface area contributed by atoms with Gasteiger partial charge < -0.3 is 0 Å². The molecule has 3 atom stereocenters. The summed E-state index contributed by atoms with van der Waals surface area (Å²) < 4.78 is 5.35. The Kier molecular flexibility index (Phi) is 9.59. The number of hydrogen-bond donors (Lipinski definition) is 0. The Morgan fingerprint density at radius 3 is 2.04 bits per heavy atom. The molecule has 0 N–H and O–H groups in total. The van der Waals surface area contributed by atoms with Crippen molar-refractivity contribution in [3.63, 3.8) is 0 Å². The minimum Gasteiger partial charge on any atom is -0.188 e. The van der Waals surface area contributed by atoms with Crippen LogP contribution >= 0.6 is 0 Å². The zero-order valence-corrected chi connectivity index (χ0v) is 32.6. The first-order valence-corrected chi connectivity index (χ1v) is 19.8. The van der Waals surface area contributed by atoms with Crippen LogP contribution in [0.15, 0.2) is 109 Å². The molecule has 0 fully saturated rings. The van der Waals surface area contributed by atoms with Gasteiger partial charge in [-0.3, -0.25) is 0 Å². The molecule has 0 spiro atoms. The molecule has 2 aliphatic heterocycles. The van der Waals surface area contributed by atoms with Crippen LogP contribution in [0.5, 0.6) is 0 Å². The Labute approximate surface area is 308 Å². The number of pyridine rings is 2. The van der Waals surface area contributed by atoms with E-state index in [9.17, 15) is 0 Å². The molecule has 5 aromatic rings. The highest BCUT2D eigenvalue weighted by molar-refractivity contribution is 5.74. The molecule has 2 heteroatoms. The average molecular weight is 677 g/mol. The second-order valence-corrected chi connectivity index (χ2v) is 18.0. The van der Waals surface area contributed by atoms with Gasteiger partial charge in [-0.1, -0.05) is 128 Å². The van der Waals surface area contributed by atoms with Gasteiger partial charge in [0.05, 0.1) is 16.5 Å². The summed E-state index contributed by atoms with van der Waals surface area (Å²) in [5, 5.41) is 0. The molecular weight excluding hydrogens is 617 g/mol. The number of fused-ring (bicyclic) bond motifs is 6. The van der Waals surface area contributed by atoms with Gasteiger partial charge in [-0.15, -0.1) is 0 Å². The fraction of sp³-hybridized carbons (Fsp3) is 0.429. The predicted octanol–water partition coefficient (Wildman–Crippen LogP) is 12.0. The molecule has 51 heavy (non-hydrogen) atoms. The third kappa shape index (κ3) is 6.96. The van der Waals surface area contributed by atoms with Crippen molar-refractivity contribution in [3.05, 3.63) is 132 Å². The van der Waals surface area contributed by atoms with Crippen LogP contribution < -0.4 is 9.13 Å². The second kappa shape index (κ2) is 13.8. The summed E-state index contributed by atoms with van der Waals surface area (Å²) in [6.07, 6.45) is 14.3. The van der Waals surface area contributed by atoms with E-state index in [1.165, 1.54) is 81.6 Å². The first-order chi connectivity index (χ1) is 24.4. The van der Waals surface area contributed by atoms with Crippen LogP contribution in [0, 0.1) is 10.8 Å². The topological polar surface area (TPSA) is 7.76 Å². The van der Waals surface area contributed by atoms with Crippen LogP contribution in [-0.2, 0) is 24.7 Å². The van der Waals surface area contributed by atoms with Crippen LogP contribution in [-0.4, -0.2) is 0 Å². The highest BCUT2D eigenvalue weighted by Gasteiger charge is 2.56. The second-order valence-electron chi connectivity index (χ2n) is 18.0. The average Bonchev–Trinajstić information content (AvgIpc) is 3.11. The molecule has 2 aliphatic rings. The lowest BCUT2D eigenvalue weighted by molar-refractivity contribution is -0.815. The molecule has 0 bridgehead atoms. The quantitative estimate of drug-likeness (QED) is 0.103. The van der Waals surface area contributed by atoms with Gasteiger partial charge in [0, 0.05) is 30.7 Å². The summed E-state index contributed by atoms with van der Waals surface area (Å²) >= 11 is 0. The Morgan fingerprint density at radius 2 is 1.33 bits per heavy atom. The van der Waals surface area contributed by atoms with Gasteiger partial charge >= 0.3 is 0 Å². The summed E-state index contributed by atoms with van der Waals surface area (Å²) in [6, 6.07) is 37.9. The van der Waals surface area contributed by atoms with E-state index in [2.05, 4.69) is 174 Å². The molecular formula is C49H60N2+2. The van der Waals surface area contributed by atoms with E-state index >= 15 is 0 Å². The largest absolute Gasteiger partial charge is 0.229 e. The van der Waals surface area contributed by atoms with Crippen LogP contribution in [0.25, 0.3) is 33.6 Å². The molecule has 0 radical (unpaired) electrons. The third-order valence-corrected chi connectivity index (χ3v) is 12.1. The number of benzene rings is 3. The van der Waals surface area contributed by atoms with E-state index in [4.69, 9.17) is 0 Å². The third-order valence-electron chi connectivity index (χ3n) is 12.1. The van der Waals surface area contributed by atoms with E-state index in [-0.39, 0.29) is 28.3 Å². The Bertz CT molecular complexity index is 2010. The molecule has 7 rings (SSSR count). The highest BCUT2D eigenvalue weighted by atomic mass is 15.1. The maximum Gasteiger partial charge on any atom is 0.229 e. The van der Waals surface area contributed by atoms with Crippen molar-refractivity contribution in [1.82, 2.24) is 0 Å². The minimum atomic E-state index is -0.0455. The maximum atomic E-state index is 2.68. The molecule has 2 nitrogen and oxygen atoms in total. The molecule has 3 unspecified atom stereocenters. The van der Waals surface area contributed by atoms with Crippen LogP contribution in [0.4, 0.5) is 0 Å². The van der Waals surface area contributed by atoms with Crippen molar-refractivity contribution < 1.29 is 9.13 Å². The summed E-state index contributed by atoms with van der Waals surface area (Å²) in [5.41, 5.74) is 14.4. The van der Waals surface area contributed by atoms with Gasteiger partial charge in [-0.05, 0) is 89.0 Å². The predicted molar refractivity (Wildman–Crippen MR) is 214 cm³/mol. The van der Waals surface area contributed by atoms with E-state index in [1.54, 1.807) is 0 Å². The number of nitrogens with zero attached hydrogens (tertiary/aromatic N) is 2. The van der Waals surface area contributed by atoms with Crippen molar-refractivity contribution in [3.8, 4) is 33.6 Å². The maximum absolute atomic E-state index is 2.68. The molecule has 3 aromatic carbocycles. The number of rotatable bonds is 10. The molecule has 4 heterocycles. The number of aromatic nitrogens is 2. The normalized spacial score (nSPS) is 19.5. The van der Waals surface area contributed by atoms with Crippen LogP contribution in [0.1, 0.15) is 122 Å². The summed E-state index contributed by atoms with van der Waals surface area (Å²) in [7, 11) is 0. The van der Waals surface area contributed by atoms with E-state index < -0.39 is 0 Å². The van der Waals surface area contributed by atoms with Crippen molar-refractivity contribution in [2.24, 2.45) is 10.8 Å². The van der Waals surface area contributed by atoms with Gasteiger partial charge in [0.2, 0.25) is 23.5 Å². The Morgan fingerprint density at radius 1 is 0.667 bits per heavy atom. The molecule has 2 aromatic heterocycles. The minimum absolute atomic E-state index is 0.0455. The van der Waals surface area contributed by atoms with Gasteiger partial charge in [0.1, 0.15) is 0 Å². The molecule has 0 saturated carbocycles. The summed E-state index contributed by atoms with van der Waals surface area (Å²) in [4.78, 5) is 0. The standard InChI is InChI=1S/C49H60N2/c1-9-11-17-26-48(6,7)34-36-24-27-50-44(30-36)41-31-38(37-18-13-12-14-19-37)22-23-39(41)32-45(50)46-49(8,10-2)42-21-16-15-20-40(42)43-29-35(25-28-51(43)46)33-47(3,4)5/h12-16,18-25,27-31,45-46H,9-11,17,26,32-34H2,1-8H3/q+2. The fourth-order valence-corrected chi connectivity index (χ4v) is 9.47. The number of unbranched alkanes of at least 4 members (excludes halogenated alkanes) is 2. The molecule has 0 saturated heterocycles. The first-order valence-electron chi connectivity index (χ1n) is 19.8. The lowest BCUT2D eigenvalue weighted by Gasteiger charge is -2.41. The Balaban J connectivity index is 1.39. The molecule has 264 valence electrons. The highest BCUT2D eigenvalue weighted by Crippen LogP contribution is 2.50. The number of hydrogen-bond acceptors (Lipinski definition) is 0. The zero-order valence-electron chi connectivity index (χ0n) is 32.6. The van der Waals surface area contributed by atoms with Gasteiger partial charge in [-0.25, -0.2) is 0 Å². The first kappa shape index (κ1) is 35.4. The van der Waals surface area contributed by atoms with Crippen molar-refractivity contribution in [1.29, 1.82) is 0 Å². The van der Waals surface area contributed by atoms with E-state index in [0.29, 0.717) is 0 Å². The van der Waals surface area contributed by atoms with Crippen molar-refractivity contribution in [2.75, 3.05) is 0 Å². The molecule has 0 aliphatic carbocycles. The summed E-state index contributed by atoms with van der Waals surface area (Å²) in [5.74, 6) is 0. The SMILES string of the molecule is CCCCCC(C)(C)Cc1cc[n+]2c(c1)-c1cc(-c3ccccc3)ccc1CC2C1[n+]2ccc(CC(C)(C)C)cc2-c2ccccc2C1(C)CC. The zero-order chi connectivity index (χ0) is 36.0. The monoisotopic (exact) mass is 676 g/mol.